The van der Waals surface area contributed by atoms with Crippen molar-refractivity contribution < 1.29 is 19.4 Å². The number of nitrogens with zero attached hydrogens (tertiary/aromatic N) is 1. The SMILES string of the molecule is CC(=O)NC1CCCCC1Oc1cccc2nc(C)c(C(=O)O)c(N)c12. The number of nitrogens with one attached hydrogen (secondary N) is 1. The molecule has 0 aliphatic heterocycles. The van der Waals surface area contributed by atoms with Crippen molar-refractivity contribution in [1.82, 2.24) is 10.3 Å². The summed E-state index contributed by atoms with van der Waals surface area (Å²) < 4.78 is 6.21. The van der Waals surface area contributed by atoms with Crippen molar-refractivity contribution in [2.45, 2.75) is 51.7 Å². The number of hydrogen-bond acceptors (Lipinski definition) is 5. The summed E-state index contributed by atoms with van der Waals surface area (Å²) in [5.41, 5.74) is 7.28. The number of anilines is 1. The summed E-state index contributed by atoms with van der Waals surface area (Å²) in [6.07, 6.45) is 3.52. The molecule has 4 N–H and O–H groups in total. The molecule has 1 aromatic heterocycles. The minimum atomic E-state index is -1.11. The number of nitrogen functional groups attached to an aromatic ring is 1. The molecule has 1 fully saturated rings. The van der Waals surface area contributed by atoms with Gasteiger partial charge in [-0.25, -0.2) is 4.79 Å². The van der Waals surface area contributed by atoms with E-state index in [1.165, 1.54) is 6.92 Å². The van der Waals surface area contributed by atoms with Crippen LogP contribution in [0.1, 0.15) is 48.7 Å². The van der Waals surface area contributed by atoms with E-state index < -0.39 is 5.97 Å². The first-order valence-corrected chi connectivity index (χ1v) is 8.74. The van der Waals surface area contributed by atoms with Gasteiger partial charge in [-0.2, -0.15) is 0 Å². The van der Waals surface area contributed by atoms with Crippen LogP contribution in [0.2, 0.25) is 0 Å². The van der Waals surface area contributed by atoms with E-state index in [-0.39, 0.29) is 29.3 Å². The highest BCUT2D eigenvalue weighted by Crippen LogP contribution is 2.35. The number of aryl methyl sites for hydroxylation is 1. The van der Waals surface area contributed by atoms with E-state index in [0.717, 1.165) is 25.7 Å². The number of pyridine rings is 1. The number of carbonyl (C=O) groups excluding carboxylic acids is 1. The summed E-state index contributed by atoms with van der Waals surface area (Å²) in [4.78, 5) is 27.4. The van der Waals surface area contributed by atoms with Gasteiger partial charge in [-0.3, -0.25) is 9.78 Å². The number of carbonyl (C=O) groups is 2. The molecule has 1 aromatic carbocycles. The maximum Gasteiger partial charge on any atom is 0.339 e. The average molecular weight is 357 g/mol. The van der Waals surface area contributed by atoms with E-state index in [0.29, 0.717) is 22.3 Å². The quantitative estimate of drug-likeness (QED) is 0.775. The van der Waals surface area contributed by atoms with Crippen LogP contribution in [0, 0.1) is 6.92 Å². The zero-order valence-corrected chi connectivity index (χ0v) is 14.9. The average Bonchev–Trinajstić information content (AvgIpc) is 2.55. The Balaban J connectivity index is 2.03. The number of aromatic carboxylic acids is 1. The molecule has 2 aromatic rings. The fraction of sp³-hybridized carbons (Fsp3) is 0.421. The maximum atomic E-state index is 11.6. The van der Waals surface area contributed by atoms with Gasteiger partial charge in [0.15, 0.2) is 0 Å². The molecule has 7 nitrogen and oxygen atoms in total. The molecule has 1 heterocycles. The Bertz CT molecular complexity index is 865. The van der Waals surface area contributed by atoms with Crippen molar-refractivity contribution in [3.8, 4) is 5.75 Å². The summed E-state index contributed by atoms with van der Waals surface area (Å²) in [7, 11) is 0. The number of fused-ring (bicyclic) bond motifs is 1. The van der Waals surface area contributed by atoms with Crippen LogP contribution in [0.5, 0.6) is 5.75 Å². The van der Waals surface area contributed by atoms with E-state index in [9.17, 15) is 14.7 Å². The molecule has 2 atom stereocenters. The van der Waals surface area contributed by atoms with Crippen LogP contribution in [0.3, 0.4) is 0 Å². The van der Waals surface area contributed by atoms with Crippen LogP contribution in [-0.4, -0.2) is 34.1 Å². The topological polar surface area (TPSA) is 115 Å². The van der Waals surface area contributed by atoms with Gasteiger partial charge in [-0.05, 0) is 38.3 Å². The number of hydrogen-bond donors (Lipinski definition) is 3. The number of nitrogens with two attached hydrogens (primary N) is 1. The Morgan fingerprint density at radius 3 is 2.73 bits per heavy atom. The van der Waals surface area contributed by atoms with Crippen LogP contribution >= 0.6 is 0 Å². The molecule has 26 heavy (non-hydrogen) atoms. The normalized spacial score (nSPS) is 19.9. The minimum Gasteiger partial charge on any atom is -0.488 e. The number of carboxylic acid groups (broad SMARTS) is 1. The first kappa shape index (κ1) is 18.0. The lowest BCUT2D eigenvalue weighted by Gasteiger charge is -2.32. The van der Waals surface area contributed by atoms with Gasteiger partial charge in [0.2, 0.25) is 5.91 Å². The molecule has 0 bridgehead atoms. The summed E-state index contributed by atoms with van der Waals surface area (Å²) in [6.45, 7) is 3.12. The highest BCUT2D eigenvalue weighted by molar-refractivity contribution is 6.06. The Kier molecular flexibility index (Phi) is 4.97. The zero-order chi connectivity index (χ0) is 18.8. The first-order valence-electron chi connectivity index (χ1n) is 8.74. The van der Waals surface area contributed by atoms with Crippen LogP contribution in [-0.2, 0) is 4.79 Å². The minimum absolute atomic E-state index is 0.00407. The monoisotopic (exact) mass is 357 g/mol. The van der Waals surface area contributed by atoms with Crippen LogP contribution in [0.4, 0.5) is 5.69 Å². The third-order valence-electron chi connectivity index (χ3n) is 4.78. The van der Waals surface area contributed by atoms with Gasteiger partial charge in [-0.1, -0.05) is 12.5 Å². The molecule has 0 spiro atoms. The van der Waals surface area contributed by atoms with Crippen LogP contribution in [0.25, 0.3) is 10.9 Å². The second kappa shape index (κ2) is 7.19. The lowest BCUT2D eigenvalue weighted by Crippen LogP contribution is -2.47. The number of ether oxygens (including phenoxy) is 1. The van der Waals surface area contributed by atoms with Gasteiger partial charge in [0.1, 0.15) is 17.4 Å². The molecular formula is C19H23N3O4. The van der Waals surface area contributed by atoms with Crippen LogP contribution < -0.4 is 15.8 Å². The van der Waals surface area contributed by atoms with Gasteiger partial charge in [-0.15, -0.1) is 0 Å². The molecule has 1 aliphatic carbocycles. The van der Waals surface area contributed by atoms with E-state index in [2.05, 4.69) is 10.3 Å². The fourth-order valence-corrected chi connectivity index (χ4v) is 3.64. The Hall–Kier alpha value is -2.83. The highest BCUT2D eigenvalue weighted by Gasteiger charge is 2.28. The van der Waals surface area contributed by atoms with Crippen molar-refractivity contribution in [1.29, 1.82) is 0 Å². The van der Waals surface area contributed by atoms with E-state index in [1.54, 1.807) is 25.1 Å². The van der Waals surface area contributed by atoms with Gasteiger partial charge >= 0.3 is 5.97 Å². The standard InChI is InChI=1S/C19H23N3O4/c1-10-16(19(24)25)18(20)17-13(21-10)7-5-9-15(17)26-14-8-4-3-6-12(14)22-11(2)23/h5,7,9,12,14H,3-4,6,8H2,1-2H3,(H2,20,21)(H,22,23)(H,24,25). The van der Waals surface area contributed by atoms with E-state index in [1.807, 2.05) is 0 Å². The zero-order valence-electron chi connectivity index (χ0n) is 14.9. The van der Waals surface area contributed by atoms with Crippen LogP contribution in [0.15, 0.2) is 18.2 Å². The molecule has 3 rings (SSSR count). The van der Waals surface area contributed by atoms with Crippen molar-refractivity contribution in [3.63, 3.8) is 0 Å². The van der Waals surface area contributed by atoms with E-state index >= 15 is 0 Å². The van der Waals surface area contributed by atoms with Crippen molar-refractivity contribution >= 4 is 28.5 Å². The number of benzene rings is 1. The molecule has 138 valence electrons. The lowest BCUT2D eigenvalue weighted by atomic mass is 9.92. The molecule has 2 unspecified atom stereocenters. The first-order chi connectivity index (χ1) is 12.4. The highest BCUT2D eigenvalue weighted by atomic mass is 16.5. The van der Waals surface area contributed by atoms with Crippen molar-refractivity contribution in [2.75, 3.05) is 5.73 Å². The fourth-order valence-electron chi connectivity index (χ4n) is 3.64. The predicted octanol–water partition coefficient (Wildman–Crippen LogP) is 2.65. The summed E-state index contributed by atoms with van der Waals surface area (Å²) in [6, 6.07) is 5.28. The predicted molar refractivity (Wildman–Crippen MR) is 98.3 cm³/mol. The van der Waals surface area contributed by atoms with Gasteiger partial charge in [0.25, 0.3) is 0 Å². The molecule has 7 heteroatoms. The van der Waals surface area contributed by atoms with Gasteiger partial charge in [0.05, 0.1) is 28.3 Å². The van der Waals surface area contributed by atoms with E-state index in [4.69, 9.17) is 10.5 Å². The van der Waals surface area contributed by atoms with Gasteiger partial charge < -0.3 is 20.9 Å². The molecule has 1 aliphatic rings. The third kappa shape index (κ3) is 3.42. The largest absolute Gasteiger partial charge is 0.488 e. The molecule has 0 radical (unpaired) electrons. The number of amides is 1. The molecular weight excluding hydrogens is 334 g/mol. The summed E-state index contributed by atoms with van der Waals surface area (Å²) in [5.74, 6) is -0.705. The number of carboxylic acids is 1. The molecule has 1 saturated carbocycles. The Morgan fingerprint density at radius 1 is 1.31 bits per heavy atom. The smallest absolute Gasteiger partial charge is 0.339 e. The van der Waals surface area contributed by atoms with Gasteiger partial charge in [0, 0.05) is 6.92 Å². The van der Waals surface area contributed by atoms with Crippen molar-refractivity contribution in [3.05, 3.63) is 29.5 Å². The Morgan fingerprint density at radius 2 is 2.04 bits per heavy atom. The Labute approximate surface area is 151 Å². The summed E-state index contributed by atoms with van der Waals surface area (Å²) >= 11 is 0. The molecule has 0 saturated heterocycles. The van der Waals surface area contributed by atoms with Crippen molar-refractivity contribution in [2.24, 2.45) is 0 Å². The lowest BCUT2D eigenvalue weighted by molar-refractivity contribution is -0.120. The molecule has 1 amide bonds. The maximum absolute atomic E-state index is 11.6. The number of rotatable bonds is 4. The second-order valence-corrected chi connectivity index (χ2v) is 6.69. The second-order valence-electron chi connectivity index (χ2n) is 6.69. The number of aromatic nitrogens is 1. The summed E-state index contributed by atoms with van der Waals surface area (Å²) in [5, 5.41) is 12.9. The third-order valence-corrected chi connectivity index (χ3v) is 4.78.